The van der Waals surface area contributed by atoms with Crippen LogP contribution >= 0.6 is 0 Å². The first kappa shape index (κ1) is 14.5. The van der Waals surface area contributed by atoms with E-state index in [1.807, 2.05) is 0 Å². The zero-order valence-electron chi connectivity index (χ0n) is 12.4. The van der Waals surface area contributed by atoms with Gasteiger partial charge in [0.25, 0.3) is 0 Å². The van der Waals surface area contributed by atoms with Crippen molar-refractivity contribution >= 4 is 5.78 Å². The topological polar surface area (TPSA) is 38.3 Å². The Hall–Kier alpha value is -1.42. The fourth-order valence-corrected chi connectivity index (χ4v) is 3.75. The van der Waals surface area contributed by atoms with Crippen molar-refractivity contribution in [1.82, 2.24) is 5.32 Å². The van der Waals surface area contributed by atoms with Gasteiger partial charge in [-0.1, -0.05) is 18.9 Å². The minimum Gasteiger partial charge on any atom is -0.494 e. The fraction of sp³-hybridized carbons (Fsp3) is 0.588. The molecule has 1 heterocycles. The third-order valence-electron chi connectivity index (χ3n) is 4.92. The highest BCUT2D eigenvalue weighted by molar-refractivity contribution is 6.00. The van der Waals surface area contributed by atoms with Crippen LogP contribution in [0.3, 0.4) is 0 Å². The summed E-state index contributed by atoms with van der Waals surface area (Å²) in [4.78, 5) is 12.6. The first-order valence-electron chi connectivity index (χ1n) is 7.83. The maximum absolute atomic E-state index is 14.2. The van der Waals surface area contributed by atoms with Crippen molar-refractivity contribution in [3.63, 3.8) is 0 Å². The number of methoxy groups -OCH3 is 1. The molecule has 0 radical (unpaired) electrons. The maximum Gasteiger partial charge on any atom is 0.182 e. The quantitative estimate of drug-likeness (QED) is 0.868. The zero-order chi connectivity index (χ0) is 14.8. The minimum atomic E-state index is -0.544. The molecule has 1 aliphatic heterocycles. The van der Waals surface area contributed by atoms with Crippen LogP contribution in [0.25, 0.3) is 0 Å². The van der Waals surface area contributed by atoms with E-state index in [9.17, 15) is 9.18 Å². The summed E-state index contributed by atoms with van der Waals surface area (Å²) in [7, 11) is 1.41. The predicted molar refractivity (Wildman–Crippen MR) is 79.2 cm³/mol. The van der Waals surface area contributed by atoms with Crippen LogP contribution in [0.2, 0.25) is 0 Å². The molecule has 1 aromatic rings. The average Bonchev–Trinajstić information content (AvgIpc) is 2.54. The van der Waals surface area contributed by atoms with E-state index in [0.29, 0.717) is 12.0 Å². The molecule has 0 amide bonds. The Bertz CT molecular complexity index is 532. The van der Waals surface area contributed by atoms with E-state index < -0.39 is 5.82 Å². The molecule has 0 spiro atoms. The highest BCUT2D eigenvalue weighted by Gasteiger charge is 2.35. The number of piperidine rings is 1. The van der Waals surface area contributed by atoms with Gasteiger partial charge in [-0.25, -0.2) is 4.39 Å². The van der Waals surface area contributed by atoms with E-state index in [-0.39, 0.29) is 23.1 Å². The Labute approximate surface area is 124 Å². The molecule has 114 valence electrons. The van der Waals surface area contributed by atoms with Crippen LogP contribution in [-0.4, -0.2) is 25.0 Å². The van der Waals surface area contributed by atoms with E-state index in [0.717, 1.165) is 19.3 Å². The number of ketones is 1. The molecule has 3 unspecified atom stereocenters. The van der Waals surface area contributed by atoms with Gasteiger partial charge in [0.1, 0.15) is 0 Å². The van der Waals surface area contributed by atoms with Crippen molar-refractivity contribution in [1.29, 1.82) is 0 Å². The molecule has 21 heavy (non-hydrogen) atoms. The zero-order valence-corrected chi connectivity index (χ0v) is 12.4. The molecule has 0 bridgehead atoms. The minimum absolute atomic E-state index is 0.132. The lowest BCUT2D eigenvalue weighted by atomic mass is 9.77. The molecule has 2 aliphatic rings. The average molecular weight is 291 g/mol. The number of halogens is 1. The molecule has 1 aliphatic carbocycles. The second-order valence-electron chi connectivity index (χ2n) is 6.13. The van der Waals surface area contributed by atoms with Gasteiger partial charge in [0.2, 0.25) is 0 Å². The van der Waals surface area contributed by atoms with Crippen LogP contribution in [0.15, 0.2) is 18.2 Å². The molecular formula is C17H22FNO2. The summed E-state index contributed by atoms with van der Waals surface area (Å²) >= 11 is 0. The number of carbonyl (C=O) groups is 1. The molecule has 1 N–H and O–H groups in total. The lowest BCUT2D eigenvalue weighted by molar-refractivity contribution is 0.0856. The van der Waals surface area contributed by atoms with E-state index in [4.69, 9.17) is 4.74 Å². The van der Waals surface area contributed by atoms with Crippen molar-refractivity contribution in [2.45, 2.75) is 50.6 Å². The molecule has 4 heteroatoms. The standard InChI is InChI=1S/C17H22FNO2/c1-21-15-8-4-6-12(16(15)18)17(20)14-10-9-11-5-2-3-7-13(11)19-14/h4,6,8,11,13-14,19H,2-3,5,7,9-10H2,1H3. The van der Waals surface area contributed by atoms with E-state index in [2.05, 4.69) is 5.32 Å². The number of hydrogen-bond donors (Lipinski definition) is 1. The normalized spacial score (nSPS) is 28.8. The van der Waals surface area contributed by atoms with Gasteiger partial charge in [-0.15, -0.1) is 0 Å². The van der Waals surface area contributed by atoms with E-state index in [1.165, 1.54) is 32.4 Å². The molecule has 3 atom stereocenters. The van der Waals surface area contributed by atoms with Crippen molar-refractivity contribution in [3.05, 3.63) is 29.6 Å². The number of nitrogens with one attached hydrogen (secondary N) is 1. The highest BCUT2D eigenvalue weighted by atomic mass is 19.1. The second-order valence-corrected chi connectivity index (χ2v) is 6.13. The van der Waals surface area contributed by atoms with Crippen LogP contribution in [0, 0.1) is 11.7 Å². The van der Waals surface area contributed by atoms with Gasteiger partial charge in [0.15, 0.2) is 17.3 Å². The number of hydrogen-bond acceptors (Lipinski definition) is 3. The number of rotatable bonds is 3. The number of Topliss-reactive ketones (excluding diaryl/α,β-unsaturated/α-hetero) is 1. The molecule has 1 aromatic carbocycles. The predicted octanol–water partition coefficient (Wildman–Crippen LogP) is 3.33. The third kappa shape index (κ3) is 2.82. The summed E-state index contributed by atoms with van der Waals surface area (Å²) in [6.45, 7) is 0. The third-order valence-corrected chi connectivity index (χ3v) is 4.92. The lowest BCUT2D eigenvalue weighted by Crippen LogP contribution is -2.52. The van der Waals surface area contributed by atoms with Gasteiger partial charge in [-0.3, -0.25) is 4.79 Å². The van der Waals surface area contributed by atoms with Crippen molar-refractivity contribution < 1.29 is 13.9 Å². The van der Waals surface area contributed by atoms with Crippen LogP contribution in [0.1, 0.15) is 48.9 Å². The molecule has 3 nitrogen and oxygen atoms in total. The number of fused-ring (bicyclic) bond motifs is 1. The molecule has 1 saturated carbocycles. The number of ether oxygens (including phenoxy) is 1. The molecule has 0 aromatic heterocycles. The maximum atomic E-state index is 14.2. The Morgan fingerprint density at radius 2 is 2.05 bits per heavy atom. The molecular weight excluding hydrogens is 269 g/mol. The monoisotopic (exact) mass is 291 g/mol. The van der Waals surface area contributed by atoms with Gasteiger partial charge in [-0.05, 0) is 43.7 Å². The number of benzene rings is 1. The van der Waals surface area contributed by atoms with Crippen LogP contribution < -0.4 is 10.1 Å². The SMILES string of the molecule is COc1cccc(C(=O)C2CCC3CCCCC3N2)c1F. The van der Waals surface area contributed by atoms with Gasteiger partial charge in [-0.2, -0.15) is 0 Å². The van der Waals surface area contributed by atoms with Crippen molar-refractivity contribution in [2.75, 3.05) is 7.11 Å². The van der Waals surface area contributed by atoms with E-state index >= 15 is 0 Å². The van der Waals surface area contributed by atoms with Crippen molar-refractivity contribution in [3.8, 4) is 5.75 Å². The summed E-state index contributed by atoms with van der Waals surface area (Å²) in [5.41, 5.74) is 0.140. The van der Waals surface area contributed by atoms with Crippen molar-refractivity contribution in [2.24, 2.45) is 5.92 Å². The van der Waals surface area contributed by atoms with Gasteiger partial charge < -0.3 is 10.1 Å². The van der Waals surface area contributed by atoms with Crippen LogP contribution in [-0.2, 0) is 0 Å². The second kappa shape index (κ2) is 6.14. The summed E-state index contributed by atoms with van der Waals surface area (Å²) in [5.74, 6) is 0.137. The first-order chi connectivity index (χ1) is 10.2. The Balaban J connectivity index is 1.76. The molecule has 1 saturated heterocycles. The fourth-order valence-electron chi connectivity index (χ4n) is 3.75. The summed E-state index contributed by atoms with van der Waals surface area (Å²) < 4.78 is 19.2. The summed E-state index contributed by atoms with van der Waals surface area (Å²) in [6.07, 6.45) is 6.78. The molecule has 3 rings (SSSR count). The first-order valence-corrected chi connectivity index (χ1v) is 7.83. The van der Waals surface area contributed by atoms with Gasteiger partial charge >= 0.3 is 0 Å². The smallest absolute Gasteiger partial charge is 0.182 e. The van der Waals surface area contributed by atoms with E-state index in [1.54, 1.807) is 12.1 Å². The summed E-state index contributed by atoms with van der Waals surface area (Å²) in [5, 5.41) is 3.46. The Kier molecular flexibility index (Phi) is 4.24. The van der Waals surface area contributed by atoms with Crippen LogP contribution in [0.5, 0.6) is 5.75 Å². The summed E-state index contributed by atoms with van der Waals surface area (Å²) in [6, 6.07) is 4.93. The Morgan fingerprint density at radius 3 is 2.86 bits per heavy atom. The largest absolute Gasteiger partial charge is 0.494 e. The Morgan fingerprint density at radius 1 is 1.24 bits per heavy atom. The van der Waals surface area contributed by atoms with Gasteiger partial charge in [0.05, 0.1) is 18.7 Å². The van der Waals surface area contributed by atoms with Gasteiger partial charge in [0, 0.05) is 6.04 Å². The van der Waals surface area contributed by atoms with Crippen LogP contribution in [0.4, 0.5) is 4.39 Å². The lowest BCUT2D eigenvalue weighted by Gasteiger charge is -2.40. The highest BCUT2D eigenvalue weighted by Crippen LogP contribution is 2.33. The number of carbonyl (C=O) groups excluding carboxylic acids is 1. The molecule has 2 fully saturated rings.